The largest absolute Gasteiger partial charge is 0.465 e. The van der Waals surface area contributed by atoms with Gasteiger partial charge in [0.2, 0.25) is 5.91 Å². The first-order valence-corrected chi connectivity index (χ1v) is 6.51. The summed E-state index contributed by atoms with van der Waals surface area (Å²) in [4.78, 5) is 23.4. The number of rotatable bonds is 3. The van der Waals surface area contributed by atoms with Gasteiger partial charge in [0, 0.05) is 6.54 Å². The van der Waals surface area contributed by atoms with Crippen LogP contribution >= 0.6 is 12.4 Å². The number of anilines is 1. The first-order chi connectivity index (χ1) is 9.61. The van der Waals surface area contributed by atoms with Crippen molar-refractivity contribution in [3.05, 3.63) is 29.6 Å². The van der Waals surface area contributed by atoms with Crippen LogP contribution in [-0.2, 0) is 9.53 Å². The predicted octanol–water partition coefficient (Wildman–Crippen LogP) is 1.97. The molecule has 0 saturated carbocycles. The molecule has 21 heavy (non-hydrogen) atoms. The van der Waals surface area contributed by atoms with E-state index < -0.39 is 11.8 Å². The summed E-state index contributed by atoms with van der Waals surface area (Å²) in [6.07, 6.45) is 1.69. The number of piperidine rings is 1. The van der Waals surface area contributed by atoms with E-state index in [1.165, 1.54) is 19.2 Å². The van der Waals surface area contributed by atoms with Crippen LogP contribution in [0.15, 0.2) is 18.2 Å². The van der Waals surface area contributed by atoms with Crippen molar-refractivity contribution in [2.45, 2.75) is 12.8 Å². The lowest BCUT2D eigenvalue weighted by molar-refractivity contribution is -0.120. The zero-order chi connectivity index (χ0) is 14.5. The number of halogens is 2. The Kier molecular flexibility index (Phi) is 6.58. The number of nitrogens with one attached hydrogen (secondary N) is 2. The standard InChI is InChI=1S/C14H17FN2O3.ClH/c1-20-14(19)9-4-5-11(15)12(7-9)17-13(18)10-3-2-6-16-8-10;/h4-5,7,10,16H,2-3,6,8H2,1H3,(H,17,18);1H/t10-;/m1./s1. The highest BCUT2D eigenvalue weighted by atomic mass is 35.5. The number of benzene rings is 1. The summed E-state index contributed by atoms with van der Waals surface area (Å²) in [5, 5.41) is 5.66. The number of ether oxygens (including phenoxy) is 1. The molecule has 0 aliphatic carbocycles. The second-order valence-electron chi connectivity index (χ2n) is 4.72. The molecule has 1 aliphatic heterocycles. The van der Waals surface area contributed by atoms with E-state index in [1.807, 2.05) is 0 Å². The number of carbonyl (C=O) groups excluding carboxylic acids is 2. The summed E-state index contributed by atoms with van der Waals surface area (Å²) in [5.41, 5.74) is 0.203. The van der Waals surface area contributed by atoms with Crippen LogP contribution in [0.2, 0.25) is 0 Å². The van der Waals surface area contributed by atoms with Crippen molar-refractivity contribution in [1.29, 1.82) is 0 Å². The Labute approximate surface area is 128 Å². The monoisotopic (exact) mass is 316 g/mol. The van der Waals surface area contributed by atoms with Gasteiger partial charge in [0.15, 0.2) is 0 Å². The Morgan fingerprint density at radius 1 is 1.43 bits per heavy atom. The van der Waals surface area contributed by atoms with E-state index in [9.17, 15) is 14.0 Å². The number of hydrogen-bond donors (Lipinski definition) is 2. The minimum atomic E-state index is -0.574. The van der Waals surface area contributed by atoms with E-state index in [1.54, 1.807) is 0 Å². The third-order valence-electron chi connectivity index (χ3n) is 3.31. The molecule has 5 nitrogen and oxygen atoms in total. The van der Waals surface area contributed by atoms with Crippen molar-refractivity contribution in [1.82, 2.24) is 5.32 Å². The number of carbonyl (C=O) groups is 2. The first kappa shape index (κ1) is 17.4. The molecule has 116 valence electrons. The molecule has 1 amide bonds. The summed E-state index contributed by atoms with van der Waals surface area (Å²) in [7, 11) is 1.25. The molecule has 0 aromatic heterocycles. The van der Waals surface area contributed by atoms with E-state index in [-0.39, 0.29) is 35.5 Å². The highest BCUT2D eigenvalue weighted by molar-refractivity contribution is 5.95. The Hall–Kier alpha value is -1.66. The van der Waals surface area contributed by atoms with E-state index >= 15 is 0 Å². The third kappa shape index (κ3) is 4.41. The average molecular weight is 317 g/mol. The lowest BCUT2D eigenvalue weighted by Gasteiger charge is -2.22. The Balaban J connectivity index is 0.00000220. The molecule has 0 spiro atoms. The molecule has 1 fully saturated rings. The fourth-order valence-electron chi connectivity index (χ4n) is 2.18. The number of amides is 1. The van der Waals surface area contributed by atoms with Gasteiger partial charge in [0.1, 0.15) is 5.82 Å². The maximum absolute atomic E-state index is 13.7. The summed E-state index contributed by atoms with van der Waals surface area (Å²) < 4.78 is 18.3. The normalized spacial score (nSPS) is 17.5. The zero-order valence-electron chi connectivity index (χ0n) is 11.6. The molecule has 1 aliphatic rings. The number of hydrogen-bond acceptors (Lipinski definition) is 4. The van der Waals surface area contributed by atoms with Gasteiger partial charge in [0.25, 0.3) is 0 Å². The fraction of sp³-hybridized carbons (Fsp3) is 0.429. The Morgan fingerprint density at radius 3 is 2.81 bits per heavy atom. The molecule has 1 aromatic rings. The molecule has 2 rings (SSSR count). The molecule has 1 aromatic carbocycles. The average Bonchev–Trinajstić information content (AvgIpc) is 2.49. The molecule has 7 heteroatoms. The molecule has 0 bridgehead atoms. The highest BCUT2D eigenvalue weighted by Crippen LogP contribution is 2.19. The van der Waals surface area contributed by atoms with Crippen LogP contribution in [0.5, 0.6) is 0 Å². The lowest BCUT2D eigenvalue weighted by Crippen LogP contribution is -2.37. The van der Waals surface area contributed by atoms with Crippen LogP contribution in [0.3, 0.4) is 0 Å². The van der Waals surface area contributed by atoms with E-state index in [4.69, 9.17) is 0 Å². The second-order valence-corrected chi connectivity index (χ2v) is 4.72. The van der Waals surface area contributed by atoms with Gasteiger partial charge in [-0.1, -0.05) is 0 Å². The summed E-state index contributed by atoms with van der Waals surface area (Å²) in [6.45, 7) is 1.49. The maximum atomic E-state index is 13.7. The molecule has 1 heterocycles. The van der Waals surface area contributed by atoms with Crippen LogP contribution < -0.4 is 10.6 Å². The first-order valence-electron chi connectivity index (χ1n) is 6.51. The molecular formula is C14H18ClFN2O3. The third-order valence-corrected chi connectivity index (χ3v) is 3.31. The molecular weight excluding hydrogens is 299 g/mol. The quantitative estimate of drug-likeness (QED) is 0.837. The Morgan fingerprint density at radius 2 is 2.19 bits per heavy atom. The second kappa shape index (κ2) is 7.95. The van der Waals surface area contributed by atoms with Gasteiger partial charge in [-0.25, -0.2) is 9.18 Å². The van der Waals surface area contributed by atoms with Crippen molar-refractivity contribution >= 4 is 30.0 Å². The molecule has 0 unspecified atom stereocenters. The maximum Gasteiger partial charge on any atom is 0.337 e. The number of esters is 1. The van der Waals surface area contributed by atoms with Crippen molar-refractivity contribution in [3.63, 3.8) is 0 Å². The van der Waals surface area contributed by atoms with Crippen molar-refractivity contribution in [2.24, 2.45) is 5.92 Å². The SMILES string of the molecule is COC(=O)c1ccc(F)c(NC(=O)[C@@H]2CCCNC2)c1.Cl. The van der Waals surface area contributed by atoms with Gasteiger partial charge in [-0.3, -0.25) is 4.79 Å². The van der Waals surface area contributed by atoms with Crippen LogP contribution in [-0.4, -0.2) is 32.1 Å². The molecule has 1 saturated heterocycles. The van der Waals surface area contributed by atoms with Gasteiger partial charge >= 0.3 is 5.97 Å². The van der Waals surface area contributed by atoms with Gasteiger partial charge in [-0.15, -0.1) is 12.4 Å². The van der Waals surface area contributed by atoms with E-state index in [2.05, 4.69) is 15.4 Å². The van der Waals surface area contributed by atoms with Crippen molar-refractivity contribution in [3.8, 4) is 0 Å². The summed E-state index contributed by atoms with van der Waals surface area (Å²) in [6, 6.07) is 3.75. The van der Waals surface area contributed by atoms with Crippen LogP contribution in [0.1, 0.15) is 23.2 Å². The zero-order valence-corrected chi connectivity index (χ0v) is 12.5. The highest BCUT2D eigenvalue weighted by Gasteiger charge is 2.22. The smallest absolute Gasteiger partial charge is 0.337 e. The van der Waals surface area contributed by atoms with E-state index in [0.29, 0.717) is 6.54 Å². The van der Waals surface area contributed by atoms with Gasteiger partial charge in [-0.05, 0) is 37.6 Å². The van der Waals surface area contributed by atoms with E-state index in [0.717, 1.165) is 25.5 Å². The topological polar surface area (TPSA) is 67.4 Å². The molecule has 2 N–H and O–H groups in total. The molecule has 1 atom stereocenters. The van der Waals surface area contributed by atoms with Crippen LogP contribution in [0.25, 0.3) is 0 Å². The lowest BCUT2D eigenvalue weighted by atomic mass is 9.98. The summed E-state index contributed by atoms with van der Waals surface area (Å²) in [5.74, 6) is -1.56. The minimum Gasteiger partial charge on any atom is -0.465 e. The van der Waals surface area contributed by atoms with Gasteiger partial charge in [0.05, 0.1) is 24.3 Å². The molecule has 0 radical (unpaired) electrons. The van der Waals surface area contributed by atoms with Gasteiger partial charge < -0.3 is 15.4 Å². The van der Waals surface area contributed by atoms with Crippen LogP contribution in [0.4, 0.5) is 10.1 Å². The van der Waals surface area contributed by atoms with Gasteiger partial charge in [-0.2, -0.15) is 0 Å². The van der Waals surface area contributed by atoms with Crippen LogP contribution in [0, 0.1) is 11.7 Å². The predicted molar refractivity (Wildman–Crippen MR) is 79.2 cm³/mol. The number of methoxy groups -OCH3 is 1. The Bertz CT molecular complexity index is 519. The van der Waals surface area contributed by atoms with Crippen molar-refractivity contribution in [2.75, 3.05) is 25.5 Å². The fourth-order valence-corrected chi connectivity index (χ4v) is 2.18. The van der Waals surface area contributed by atoms with Crippen molar-refractivity contribution < 1.29 is 18.7 Å². The summed E-state index contributed by atoms with van der Waals surface area (Å²) >= 11 is 0. The minimum absolute atomic E-state index is 0.